The van der Waals surface area contributed by atoms with Crippen molar-refractivity contribution in [3.05, 3.63) is 78.2 Å². The first-order valence-electron chi connectivity index (χ1n) is 13.5. The number of fused-ring (bicyclic) bond motifs is 1. The molecule has 4 aromatic rings. The maximum atomic E-state index is 13.3. The van der Waals surface area contributed by atoms with Crippen LogP contribution in [0.25, 0.3) is 22.5 Å². The van der Waals surface area contributed by atoms with Crippen LogP contribution in [-0.4, -0.2) is 44.1 Å². The lowest BCUT2D eigenvalue weighted by Crippen LogP contribution is -2.50. The minimum Gasteiger partial charge on any atom is -0.340 e. The first-order valence-corrected chi connectivity index (χ1v) is 13.5. The zero-order valence-electron chi connectivity index (χ0n) is 21.3. The Hall–Kier alpha value is -4.04. The van der Waals surface area contributed by atoms with E-state index in [1.807, 2.05) is 35.5 Å². The Morgan fingerprint density at radius 1 is 0.947 bits per heavy atom. The summed E-state index contributed by atoms with van der Waals surface area (Å²) in [5, 5.41) is 13.7. The van der Waals surface area contributed by atoms with Crippen molar-refractivity contribution >= 4 is 17.4 Å². The number of amides is 1. The second kappa shape index (κ2) is 9.36. The molecular formula is C30H31N7O. The van der Waals surface area contributed by atoms with Gasteiger partial charge in [0, 0.05) is 48.2 Å². The normalized spacial score (nSPS) is 18.3. The molecule has 8 heteroatoms. The molecule has 192 valence electrons. The molecular weight excluding hydrogens is 474 g/mol. The number of H-pyrrole nitrogens is 1. The topological polar surface area (TPSA) is 98.8 Å². The van der Waals surface area contributed by atoms with Gasteiger partial charge in [-0.05, 0) is 85.1 Å². The van der Waals surface area contributed by atoms with Crippen LogP contribution in [-0.2, 0) is 17.9 Å². The minimum absolute atomic E-state index is 0.196. The van der Waals surface area contributed by atoms with Crippen LogP contribution in [0.3, 0.4) is 0 Å². The number of aromatic amines is 1. The summed E-state index contributed by atoms with van der Waals surface area (Å²) in [5.74, 6) is 1.93. The van der Waals surface area contributed by atoms with Crippen LogP contribution in [0.2, 0.25) is 0 Å². The maximum Gasteiger partial charge on any atom is 0.226 e. The van der Waals surface area contributed by atoms with Gasteiger partial charge in [-0.25, -0.2) is 9.97 Å². The quantitative estimate of drug-likeness (QED) is 0.357. The number of anilines is 2. The number of nitrogens with one attached hydrogen (secondary N) is 3. The maximum absolute atomic E-state index is 13.3. The predicted molar refractivity (Wildman–Crippen MR) is 146 cm³/mol. The lowest BCUT2D eigenvalue weighted by molar-refractivity contribution is -0.145. The number of carbonyl (C=O) groups excluding carboxylic acids is 1. The molecule has 0 bridgehead atoms. The van der Waals surface area contributed by atoms with Crippen LogP contribution in [0.1, 0.15) is 36.8 Å². The smallest absolute Gasteiger partial charge is 0.226 e. The van der Waals surface area contributed by atoms with Crippen molar-refractivity contribution in [2.24, 2.45) is 11.3 Å². The number of benzene rings is 2. The number of hydrogen-bond acceptors (Lipinski definition) is 6. The Bertz CT molecular complexity index is 1450. The van der Waals surface area contributed by atoms with Gasteiger partial charge in [-0.1, -0.05) is 24.3 Å². The summed E-state index contributed by atoms with van der Waals surface area (Å²) in [6, 6.07) is 16.4. The van der Waals surface area contributed by atoms with Gasteiger partial charge < -0.3 is 15.5 Å². The van der Waals surface area contributed by atoms with E-state index in [1.165, 1.54) is 24.0 Å². The number of nitrogens with zero attached hydrogens (tertiary/aromatic N) is 4. The van der Waals surface area contributed by atoms with E-state index in [4.69, 9.17) is 4.98 Å². The van der Waals surface area contributed by atoms with Gasteiger partial charge in [0.15, 0.2) is 5.82 Å². The zero-order valence-corrected chi connectivity index (χ0v) is 21.3. The predicted octanol–water partition coefficient (Wildman–Crippen LogP) is 4.90. The lowest BCUT2D eigenvalue weighted by atomic mass is 9.57. The largest absolute Gasteiger partial charge is 0.340 e. The summed E-state index contributed by atoms with van der Waals surface area (Å²) in [6.07, 6.45) is 10.0. The summed E-state index contributed by atoms with van der Waals surface area (Å²) in [7, 11) is 0. The van der Waals surface area contributed by atoms with E-state index in [-0.39, 0.29) is 5.92 Å². The highest BCUT2D eigenvalue weighted by Gasteiger charge is 2.48. The third-order valence-corrected chi connectivity index (χ3v) is 8.52. The summed E-state index contributed by atoms with van der Waals surface area (Å²) in [4.78, 5) is 24.6. The molecule has 8 nitrogen and oxygen atoms in total. The molecule has 2 aromatic heterocycles. The van der Waals surface area contributed by atoms with Crippen LogP contribution in [0.4, 0.5) is 11.5 Å². The van der Waals surface area contributed by atoms with Gasteiger partial charge in [0.05, 0.1) is 6.20 Å². The molecule has 3 N–H and O–H groups in total. The number of carbonyl (C=O) groups is 1. The molecule has 2 aromatic carbocycles. The van der Waals surface area contributed by atoms with Crippen LogP contribution >= 0.6 is 0 Å². The lowest BCUT2D eigenvalue weighted by Gasteiger charge is -2.50. The van der Waals surface area contributed by atoms with E-state index in [2.05, 4.69) is 56.1 Å². The molecule has 7 rings (SSSR count). The summed E-state index contributed by atoms with van der Waals surface area (Å²) >= 11 is 0. The fraction of sp³-hybridized carbons (Fsp3) is 0.333. The highest BCUT2D eigenvalue weighted by Crippen LogP contribution is 2.52. The summed E-state index contributed by atoms with van der Waals surface area (Å²) in [6.45, 7) is 3.57. The van der Waals surface area contributed by atoms with Gasteiger partial charge >= 0.3 is 0 Å². The molecule has 38 heavy (non-hydrogen) atoms. The second-order valence-corrected chi connectivity index (χ2v) is 11.0. The van der Waals surface area contributed by atoms with E-state index in [1.54, 1.807) is 6.20 Å². The van der Waals surface area contributed by atoms with E-state index in [0.717, 1.165) is 54.1 Å². The molecule has 0 atom stereocenters. The fourth-order valence-electron chi connectivity index (χ4n) is 6.34. The molecule has 2 fully saturated rings. The standard InChI is InChI=1S/C30H31N7O/c38-29(24-14-30(15-24)8-11-31-12-9-30)37-18-22-2-1-21(13-23(22)19-37)28-32-10-7-27(36-28)35-26-5-3-20(4-6-26)25-16-33-34-17-25/h1-7,10,13,16-17,24,31H,8-9,11-12,14-15,18-19H2,(H,33,34)(H,32,35,36). The molecule has 0 radical (unpaired) electrons. The Balaban J connectivity index is 1.02. The van der Waals surface area contributed by atoms with Crippen molar-refractivity contribution in [1.82, 2.24) is 30.4 Å². The SMILES string of the molecule is O=C(C1CC2(CCNCC2)C1)N1Cc2ccc(-c3nccc(Nc4ccc(-c5cn[nH]c5)cc4)n3)cc2C1. The van der Waals surface area contributed by atoms with E-state index < -0.39 is 0 Å². The second-order valence-electron chi connectivity index (χ2n) is 11.0. The van der Waals surface area contributed by atoms with Gasteiger partial charge in [0.25, 0.3) is 0 Å². The van der Waals surface area contributed by atoms with E-state index in [9.17, 15) is 4.79 Å². The molecule has 1 aliphatic carbocycles. The average Bonchev–Trinajstić information content (AvgIpc) is 3.63. The molecule has 2 aliphatic heterocycles. The Labute approximate surface area is 221 Å². The molecule has 4 heterocycles. The molecule has 1 spiro atoms. The Morgan fingerprint density at radius 2 is 1.74 bits per heavy atom. The van der Waals surface area contributed by atoms with E-state index in [0.29, 0.717) is 30.2 Å². The molecule has 0 unspecified atom stereocenters. The van der Waals surface area contributed by atoms with Gasteiger partial charge in [-0.2, -0.15) is 5.10 Å². The van der Waals surface area contributed by atoms with Gasteiger partial charge in [0.1, 0.15) is 5.82 Å². The van der Waals surface area contributed by atoms with Crippen molar-refractivity contribution in [3.8, 4) is 22.5 Å². The first-order chi connectivity index (χ1) is 18.6. The van der Waals surface area contributed by atoms with Crippen molar-refractivity contribution in [2.75, 3.05) is 18.4 Å². The van der Waals surface area contributed by atoms with Crippen LogP contribution < -0.4 is 10.6 Å². The average molecular weight is 506 g/mol. The van der Waals surface area contributed by atoms with Crippen LogP contribution in [0.15, 0.2) is 67.1 Å². The number of hydrogen-bond donors (Lipinski definition) is 3. The van der Waals surface area contributed by atoms with Crippen LogP contribution in [0.5, 0.6) is 0 Å². The number of piperidine rings is 1. The van der Waals surface area contributed by atoms with Crippen molar-refractivity contribution in [2.45, 2.75) is 38.8 Å². The Morgan fingerprint density at radius 3 is 2.53 bits per heavy atom. The van der Waals surface area contributed by atoms with E-state index >= 15 is 0 Å². The van der Waals surface area contributed by atoms with Crippen molar-refractivity contribution < 1.29 is 4.79 Å². The summed E-state index contributed by atoms with van der Waals surface area (Å²) in [5.41, 5.74) is 6.91. The minimum atomic E-state index is 0.196. The van der Waals surface area contributed by atoms with Gasteiger partial charge in [0.2, 0.25) is 5.91 Å². The fourth-order valence-corrected chi connectivity index (χ4v) is 6.34. The molecule has 1 saturated carbocycles. The molecule has 1 saturated heterocycles. The third kappa shape index (κ3) is 4.35. The highest BCUT2D eigenvalue weighted by molar-refractivity contribution is 5.81. The molecule has 1 amide bonds. The highest BCUT2D eigenvalue weighted by atomic mass is 16.2. The summed E-state index contributed by atoms with van der Waals surface area (Å²) < 4.78 is 0. The Kier molecular flexibility index (Phi) is 5.69. The van der Waals surface area contributed by atoms with Crippen LogP contribution in [0, 0.1) is 11.3 Å². The third-order valence-electron chi connectivity index (χ3n) is 8.52. The van der Waals surface area contributed by atoms with Crippen molar-refractivity contribution in [3.63, 3.8) is 0 Å². The first kappa shape index (κ1) is 23.1. The number of aromatic nitrogens is 4. The van der Waals surface area contributed by atoms with Crippen molar-refractivity contribution in [1.29, 1.82) is 0 Å². The van der Waals surface area contributed by atoms with Gasteiger partial charge in [-0.15, -0.1) is 0 Å². The number of rotatable bonds is 5. The zero-order chi connectivity index (χ0) is 25.5. The molecule has 3 aliphatic rings. The monoisotopic (exact) mass is 505 g/mol. The van der Waals surface area contributed by atoms with Gasteiger partial charge in [-0.3, -0.25) is 9.89 Å².